The van der Waals surface area contributed by atoms with Crippen molar-refractivity contribution in [1.29, 1.82) is 0 Å². The van der Waals surface area contributed by atoms with Crippen LogP contribution in [0, 0.1) is 11.6 Å². The van der Waals surface area contributed by atoms with Crippen molar-refractivity contribution in [3.63, 3.8) is 0 Å². The predicted molar refractivity (Wildman–Crippen MR) is 175 cm³/mol. The number of ether oxygens (including phenoxy) is 2. The molecule has 5 rings (SSSR count). The van der Waals surface area contributed by atoms with Gasteiger partial charge in [-0.2, -0.15) is 0 Å². The number of nitrogens with one attached hydrogen (secondary N) is 1. The molecule has 0 aliphatic rings. The predicted octanol–water partition coefficient (Wildman–Crippen LogP) is 7.48. The van der Waals surface area contributed by atoms with Gasteiger partial charge in [0, 0.05) is 29.8 Å². The topological polar surface area (TPSA) is 67.9 Å². The molecule has 1 unspecified atom stereocenters. The number of para-hydroxylation sites is 2. The van der Waals surface area contributed by atoms with Gasteiger partial charge in [-0.25, -0.2) is 13.6 Å². The van der Waals surface area contributed by atoms with E-state index >= 15 is 0 Å². The van der Waals surface area contributed by atoms with E-state index < -0.39 is 23.6 Å². The van der Waals surface area contributed by atoms with Crippen molar-refractivity contribution in [2.45, 2.75) is 19.0 Å². The molecule has 0 amide bonds. The van der Waals surface area contributed by atoms with Crippen molar-refractivity contribution in [2.24, 2.45) is 0 Å². The Kier molecular flexibility index (Phi) is 10.7. The number of methoxy groups -OCH3 is 1. The van der Waals surface area contributed by atoms with E-state index in [1.165, 1.54) is 25.3 Å². The fourth-order valence-electron chi connectivity index (χ4n) is 5.17. The molecule has 0 heterocycles. The van der Waals surface area contributed by atoms with E-state index in [1.807, 2.05) is 48.5 Å². The number of esters is 1. The first-order valence-electron chi connectivity index (χ1n) is 14.9. The van der Waals surface area contributed by atoms with E-state index in [4.69, 9.17) is 9.47 Å². The van der Waals surface area contributed by atoms with E-state index in [0.29, 0.717) is 29.1 Å². The lowest BCUT2D eigenvalue weighted by atomic mass is 10.00. The number of nitrogens with zero attached hydrogens (tertiary/aromatic N) is 1. The lowest BCUT2D eigenvalue weighted by Crippen LogP contribution is -2.33. The molecule has 0 aliphatic carbocycles. The molecule has 6 nitrogen and oxygen atoms in total. The summed E-state index contributed by atoms with van der Waals surface area (Å²) in [6, 6.07) is 35.8. The van der Waals surface area contributed by atoms with Crippen LogP contribution < -0.4 is 15.0 Å². The molecule has 0 fully saturated rings. The normalized spacial score (nSPS) is 11.4. The minimum absolute atomic E-state index is 0.0984. The summed E-state index contributed by atoms with van der Waals surface area (Å²) in [7, 11) is 1.32. The van der Waals surface area contributed by atoms with Crippen molar-refractivity contribution in [1.82, 2.24) is 0 Å². The number of carbonyl (C=O) groups excluding carboxylic acids is 2. The van der Waals surface area contributed by atoms with Crippen LogP contribution in [-0.4, -0.2) is 38.1 Å². The molecule has 0 bridgehead atoms. The summed E-state index contributed by atoms with van der Waals surface area (Å²) in [4.78, 5) is 27.6. The SMILES string of the molecule is COC(=O)C(Cc1ccc(OCCN(Cc2ccccc2)c2c(F)cccc2F)cc1)Nc1ccccc1C(=O)c1ccccc1. The van der Waals surface area contributed by atoms with E-state index in [2.05, 4.69) is 5.32 Å². The number of benzene rings is 5. The number of rotatable bonds is 14. The second-order valence-electron chi connectivity index (χ2n) is 10.6. The first-order chi connectivity index (χ1) is 22.4. The smallest absolute Gasteiger partial charge is 0.328 e. The summed E-state index contributed by atoms with van der Waals surface area (Å²) >= 11 is 0. The highest BCUT2D eigenvalue weighted by atomic mass is 19.1. The molecule has 234 valence electrons. The van der Waals surface area contributed by atoms with Crippen LogP contribution in [0.2, 0.25) is 0 Å². The highest BCUT2D eigenvalue weighted by Crippen LogP contribution is 2.26. The molecule has 1 atom stereocenters. The lowest BCUT2D eigenvalue weighted by molar-refractivity contribution is -0.141. The van der Waals surface area contributed by atoms with E-state index in [9.17, 15) is 18.4 Å². The Balaban J connectivity index is 1.24. The zero-order valence-corrected chi connectivity index (χ0v) is 25.4. The number of hydrogen-bond donors (Lipinski definition) is 1. The number of hydrogen-bond acceptors (Lipinski definition) is 6. The van der Waals surface area contributed by atoms with Crippen molar-refractivity contribution in [3.8, 4) is 5.75 Å². The molecule has 0 aliphatic heterocycles. The Bertz CT molecular complexity index is 1730. The van der Waals surface area contributed by atoms with Crippen LogP contribution in [0.1, 0.15) is 27.0 Å². The minimum Gasteiger partial charge on any atom is -0.492 e. The third kappa shape index (κ3) is 8.15. The molecular weight excluding hydrogens is 586 g/mol. The maximum Gasteiger partial charge on any atom is 0.328 e. The van der Waals surface area contributed by atoms with Gasteiger partial charge >= 0.3 is 5.97 Å². The molecule has 0 spiro atoms. The summed E-state index contributed by atoms with van der Waals surface area (Å²) in [6.07, 6.45) is 0.290. The standard InChI is InChI=1S/C38H34F2N2O4/c1-45-38(44)35(41-34-18-9-8-15-31(34)37(43)29-13-6-3-7-14-29)25-27-19-21-30(22-20-27)46-24-23-42(26-28-11-4-2-5-12-28)36-32(39)16-10-17-33(36)40/h2-22,35,41H,23-26H2,1H3. The zero-order chi connectivity index (χ0) is 32.3. The van der Waals surface area contributed by atoms with Gasteiger partial charge in [-0.1, -0.05) is 91.0 Å². The Morgan fingerprint density at radius 3 is 2.04 bits per heavy atom. The van der Waals surface area contributed by atoms with Crippen molar-refractivity contribution in [3.05, 3.63) is 161 Å². The number of halogens is 2. The maximum atomic E-state index is 14.7. The molecule has 8 heteroatoms. The van der Waals surface area contributed by atoms with Crippen LogP contribution in [0.5, 0.6) is 5.75 Å². The third-order valence-corrected chi connectivity index (χ3v) is 7.49. The fraction of sp³-hybridized carbons (Fsp3) is 0.158. The van der Waals surface area contributed by atoms with Gasteiger partial charge in [-0.3, -0.25) is 4.79 Å². The van der Waals surface area contributed by atoms with Gasteiger partial charge in [0.05, 0.1) is 13.7 Å². The average molecular weight is 621 g/mol. The van der Waals surface area contributed by atoms with Gasteiger partial charge in [-0.15, -0.1) is 0 Å². The Labute approximate surface area is 267 Å². The van der Waals surface area contributed by atoms with Gasteiger partial charge < -0.3 is 19.7 Å². The second kappa shape index (κ2) is 15.5. The highest BCUT2D eigenvalue weighted by molar-refractivity contribution is 6.12. The number of anilines is 2. The lowest BCUT2D eigenvalue weighted by Gasteiger charge is -2.26. The Morgan fingerprint density at radius 1 is 0.739 bits per heavy atom. The van der Waals surface area contributed by atoms with Crippen LogP contribution in [0.3, 0.4) is 0 Å². The second-order valence-corrected chi connectivity index (χ2v) is 10.6. The monoisotopic (exact) mass is 620 g/mol. The Morgan fingerprint density at radius 2 is 1.37 bits per heavy atom. The quantitative estimate of drug-likeness (QED) is 0.103. The van der Waals surface area contributed by atoms with Crippen LogP contribution in [0.4, 0.5) is 20.2 Å². The maximum absolute atomic E-state index is 14.7. The summed E-state index contributed by atoms with van der Waals surface area (Å²) in [5.74, 6) is -1.34. The molecule has 0 aromatic heterocycles. The van der Waals surface area contributed by atoms with Crippen molar-refractivity contribution >= 4 is 23.1 Å². The highest BCUT2D eigenvalue weighted by Gasteiger charge is 2.23. The van der Waals surface area contributed by atoms with E-state index in [-0.39, 0.29) is 31.0 Å². The largest absolute Gasteiger partial charge is 0.492 e. The number of carbonyl (C=O) groups is 2. The van der Waals surface area contributed by atoms with E-state index in [0.717, 1.165) is 11.1 Å². The molecule has 5 aromatic carbocycles. The first-order valence-corrected chi connectivity index (χ1v) is 14.9. The van der Waals surface area contributed by atoms with Crippen LogP contribution >= 0.6 is 0 Å². The molecule has 0 saturated heterocycles. The van der Waals surface area contributed by atoms with Crippen LogP contribution in [0.25, 0.3) is 0 Å². The minimum atomic E-state index is -0.760. The first kappa shape index (κ1) is 31.9. The third-order valence-electron chi connectivity index (χ3n) is 7.49. The average Bonchev–Trinajstić information content (AvgIpc) is 3.09. The van der Waals surface area contributed by atoms with Crippen molar-refractivity contribution < 1.29 is 27.8 Å². The summed E-state index contributed by atoms with van der Waals surface area (Å²) < 4.78 is 40.4. The van der Waals surface area contributed by atoms with Crippen molar-refractivity contribution in [2.75, 3.05) is 30.5 Å². The molecule has 46 heavy (non-hydrogen) atoms. The van der Waals surface area contributed by atoms with Gasteiger partial charge in [0.1, 0.15) is 35.7 Å². The van der Waals surface area contributed by atoms with Gasteiger partial charge in [0.25, 0.3) is 0 Å². The fourth-order valence-corrected chi connectivity index (χ4v) is 5.17. The Hall–Kier alpha value is -5.50. The molecular formula is C38H34F2N2O4. The van der Waals surface area contributed by atoms with Gasteiger partial charge in [0.15, 0.2) is 5.78 Å². The van der Waals surface area contributed by atoms with E-state index in [1.54, 1.807) is 65.6 Å². The molecule has 1 N–H and O–H groups in total. The summed E-state index contributed by atoms with van der Waals surface area (Å²) in [5.41, 5.74) is 3.17. The molecule has 0 saturated carbocycles. The molecule has 0 radical (unpaired) electrons. The number of ketones is 1. The van der Waals surface area contributed by atoms with Gasteiger partial charge in [0.2, 0.25) is 0 Å². The summed E-state index contributed by atoms with van der Waals surface area (Å²) in [5, 5.41) is 3.21. The van der Waals surface area contributed by atoms with Gasteiger partial charge in [-0.05, 0) is 47.5 Å². The summed E-state index contributed by atoms with van der Waals surface area (Å²) in [6.45, 7) is 0.728. The van der Waals surface area contributed by atoms with Crippen LogP contribution in [0.15, 0.2) is 127 Å². The van der Waals surface area contributed by atoms with Crippen LogP contribution in [-0.2, 0) is 22.5 Å². The molecule has 5 aromatic rings. The zero-order valence-electron chi connectivity index (χ0n) is 25.4.